The van der Waals surface area contributed by atoms with E-state index in [4.69, 9.17) is 5.11 Å². The molecular weight excluding hydrogens is 254 g/mol. The summed E-state index contributed by atoms with van der Waals surface area (Å²) < 4.78 is 26.3. The van der Waals surface area contributed by atoms with E-state index in [1.165, 1.54) is 10.4 Å². The summed E-state index contributed by atoms with van der Waals surface area (Å²) in [7, 11) is -3.58. The summed E-state index contributed by atoms with van der Waals surface area (Å²) in [4.78, 5) is 11.1. The first kappa shape index (κ1) is 15.2. The Labute approximate surface area is 109 Å². The van der Waals surface area contributed by atoms with E-state index in [9.17, 15) is 13.2 Å². The van der Waals surface area contributed by atoms with Gasteiger partial charge in [0.1, 0.15) is 0 Å². The first-order valence-corrected chi connectivity index (χ1v) is 7.67. The molecule has 1 fully saturated rings. The van der Waals surface area contributed by atoms with Gasteiger partial charge in [-0.1, -0.05) is 12.5 Å². The second-order valence-electron chi connectivity index (χ2n) is 4.91. The number of carboxylic acid groups (broad SMARTS) is 1. The molecule has 1 saturated carbocycles. The normalized spacial score (nSPS) is 24.7. The molecule has 2 unspecified atom stereocenters. The van der Waals surface area contributed by atoms with Crippen LogP contribution in [0.25, 0.3) is 0 Å². The molecule has 104 valence electrons. The van der Waals surface area contributed by atoms with E-state index >= 15 is 0 Å². The van der Waals surface area contributed by atoms with Crippen LogP contribution in [0.15, 0.2) is 12.7 Å². The van der Waals surface area contributed by atoms with Gasteiger partial charge in [-0.15, -0.1) is 6.58 Å². The van der Waals surface area contributed by atoms with Gasteiger partial charge < -0.3 is 5.11 Å². The Morgan fingerprint density at radius 2 is 2.11 bits per heavy atom. The number of aliphatic carboxylic acids is 1. The second-order valence-corrected chi connectivity index (χ2v) is 7.02. The van der Waals surface area contributed by atoms with Crippen LogP contribution < -0.4 is 0 Å². The smallest absolute Gasteiger partial charge is 0.307 e. The molecule has 0 aromatic carbocycles. The number of carboxylic acids is 1. The molecule has 0 bridgehead atoms. The first-order chi connectivity index (χ1) is 8.32. The predicted octanol–water partition coefficient (Wildman–Crippen LogP) is 1.47. The molecule has 0 amide bonds. The maximum absolute atomic E-state index is 12.5. The Balaban J connectivity index is 3.03. The molecule has 0 radical (unpaired) electrons. The van der Waals surface area contributed by atoms with Crippen LogP contribution in [-0.2, 0) is 14.8 Å². The fourth-order valence-electron chi connectivity index (χ4n) is 2.47. The van der Waals surface area contributed by atoms with Crippen molar-refractivity contribution in [1.29, 1.82) is 0 Å². The van der Waals surface area contributed by atoms with Crippen LogP contribution in [-0.4, -0.2) is 41.6 Å². The highest BCUT2D eigenvalue weighted by Crippen LogP contribution is 2.33. The number of sulfonamides is 1. The third-order valence-electron chi connectivity index (χ3n) is 3.36. The average molecular weight is 275 g/mol. The van der Waals surface area contributed by atoms with Crippen molar-refractivity contribution in [2.75, 3.05) is 6.54 Å². The summed E-state index contributed by atoms with van der Waals surface area (Å²) in [5, 5.41) is 8.30. The molecule has 6 heteroatoms. The van der Waals surface area contributed by atoms with Crippen molar-refractivity contribution in [3.8, 4) is 0 Å². The van der Waals surface area contributed by atoms with Crippen molar-refractivity contribution in [2.45, 2.75) is 44.4 Å². The highest BCUT2D eigenvalue weighted by Gasteiger charge is 2.44. The van der Waals surface area contributed by atoms with E-state index < -0.39 is 27.2 Å². The molecule has 1 aliphatic carbocycles. The molecule has 1 aliphatic rings. The van der Waals surface area contributed by atoms with Gasteiger partial charge in [0.15, 0.2) is 0 Å². The molecule has 0 spiro atoms. The molecule has 1 rings (SSSR count). The molecular formula is C12H21NO4S. The van der Waals surface area contributed by atoms with Gasteiger partial charge in [-0.3, -0.25) is 4.79 Å². The van der Waals surface area contributed by atoms with Gasteiger partial charge in [-0.2, -0.15) is 4.31 Å². The fraction of sp³-hybridized carbons (Fsp3) is 0.750. The largest absolute Gasteiger partial charge is 0.481 e. The first-order valence-electron chi connectivity index (χ1n) is 6.16. The summed E-state index contributed by atoms with van der Waals surface area (Å²) in [6.07, 6.45) is 3.06. The number of hydrogen-bond acceptors (Lipinski definition) is 3. The Morgan fingerprint density at radius 1 is 1.50 bits per heavy atom. The van der Waals surface area contributed by atoms with Crippen LogP contribution in [0, 0.1) is 5.92 Å². The lowest BCUT2D eigenvalue weighted by Crippen LogP contribution is -2.45. The zero-order valence-electron chi connectivity index (χ0n) is 10.9. The van der Waals surface area contributed by atoms with Crippen molar-refractivity contribution in [3.05, 3.63) is 12.7 Å². The minimum Gasteiger partial charge on any atom is -0.481 e. The van der Waals surface area contributed by atoms with E-state index in [0.29, 0.717) is 19.3 Å². The van der Waals surface area contributed by atoms with Gasteiger partial charge in [-0.05, 0) is 26.7 Å². The van der Waals surface area contributed by atoms with Crippen molar-refractivity contribution in [3.63, 3.8) is 0 Å². The quantitative estimate of drug-likeness (QED) is 0.745. The lowest BCUT2D eigenvalue weighted by Gasteiger charge is -2.29. The maximum Gasteiger partial charge on any atom is 0.307 e. The molecule has 2 atom stereocenters. The highest BCUT2D eigenvalue weighted by molar-refractivity contribution is 7.89. The number of nitrogens with zero attached hydrogens (tertiary/aromatic N) is 1. The van der Waals surface area contributed by atoms with E-state index in [-0.39, 0.29) is 12.6 Å². The van der Waals surface area contributed by atoms with Gasteiger partial charge in [0.2, 0.25) is 10.0 Å². The summed E-state index contributed by atoms with van der Waals surface area (Å²) in [6.45, 7) is 7.35. The summed E-state index contributed by atoms with van der Waals surface area (Å²) in [5.41, 5.74) is 0. The van der Waals surface area contributed by atoms with Crippen molar-refractivity contribution < 1.29 is 18.3 Å². The fourth-order valence-corrected chi connectivity index (χ4v) is 4.86. The zero-order chi connectivity index (χ0) is 13.9. The van der Waals surface area contributed by atoms with E-state index in [2.05, 4.69) is 6.58 Å². The molecule has 0 saturated heterocycles. The third-order valence-corrected chi connectivity index (χ3v) is 5.92. The van der Waals surface area contributed by atoms with Crippen molar-refractivity contribution in [1.82, 2.24) is 4.31 Å². The molecule has 0 aliphatic heterocycles. The van der Waals surface area contributed by atoms with Crippen LogP contribution in [0.1, 0.15) is 33.1 Å². The summed E-state index contributed by atoms with van der Waals surface area (Å²) >= 11 is 0. The maximum atomic E-state index is 12.5. The second kappa shape index (κ2) is 5.84. The van der Waals surface area contributed by atoms with Gasteiger partial charge in [-0.25, -0.2) is 8.42 Å². The highest BCUT2D eigenvalue weighted by atomic mass is 32.2. The van der Waals surface area contributed by atoms with E-state index in [1.54, 1.807) is 13.8 Å². The van der Waals surface area contributed by atoms with Gasteiger partial charge in [0.05, 0.1) is 11.2 Å². The molecule has 18 heavy (non-hydrogen) atoms. The Kier molecular flexibility index (Phi) is 4.92. The zero-order valence-corrected chi connectivity index (χ0v) is 11.7. The van der Waals surface area contributed by atoms with Gasteiger partial charge in [0.25, 0.3) is 0 Å². The minimum atomic E-state index is -3.58. The Bertz CT molecular complexity index is 416. The minimum absolute atomic E-state index is 0.192. The molecule has 5 nitrogen and oxygen atoms in total. The van der Waals surface area contributed by atoms with Crippen LogP contribution in [0.3, 0.4) is 0 Å². The third kappa shape index (κ3) is 2.92. The van der Waals surface area contributed by atoms with Crippen molar-refractivity contribution >= 4 is 16.0 Å². The SMILES string of the molecule is C=CCN(C(C)C)S(=O)(=O)C1CCCC1C(=O)O. The van der Waals surface area contributed by atoms with E-state index in [0.717, 1.165) is 0 Å². The lowest BCUT2D eigenvalue weighted by molar-refractivity contribution is -0.141. The van der Waals surface area contributed by atoms with E-state index in [1.807, 2.05) is 0 Å². The Morgan fingerprint density at radius 3 is 2.56 bits per heavy atom. The molecule has 1 N–H and O–H groups in total. The summed E-state index contributed by atoms with van der Waals surface area (Å²) in [5.74, 6) is -1.79. The number of hydrogen-bond donors (Lipinski definition) is 1. The lowest BCUT2D eigenvalue weighted by atomic mass is 10.1. The molecule has 0 aromatic heterocycles. The van der Waals surface area contributed by atoms with Crippen molar-refractivity contribution in [2.24, 2.45) is 5.92 Å². The van der Waals surface area contributed by atoms with Gasteiger partial charge >= 0.3 is 5.97 Å². The number of carbonyl (C=O) groups is 1. The van der Waals surface area contributed by atoms with Crippen LogP contribution in [0.5, 0.6) is 0 Å². The monoisotopic (exact) mass is 275 g/mol. The molecule has 0 heterocycles. The van der Waals surface area contributed by atoms with Crippen LogP contribution in [0.2, 0.25) is 0 Å². The average Bonchev–Trinajstić information content (AvgIpc) is 2.74. The standard InChI is InChI=1S/C12H21NO4S/c1-4-8-13(9(2)3)18(16,17)11-7-5-6-10(11)12(14)15/h4,9-11H,1,5-8H2,2-3H3,(H,14,15). The summed E-state index contributed by atoms with van der Waals surface area (Å²) in [6, 6.07) is -0.192. The topological polar surface area (TPSA) is 74.7 Å². The van der Waals surface area contributed by atoms with Crippen LogP contribution in [0.4, 0.5) is 0 Å². The molecule has 0 aromatic rings. The Hall–Kier alpha value is -0.880. The van der Waals surface area contributed by atoms with Gasteiger partial charge in [0, 0.05) is 12.6 Å². The predicted molar refractivity (Wildman–Crippen MR) is 69.7 cm³/mol. The number of rotatable bonds is 6. The van der Waals surface area contributed by atoms with Crippen LogP contribution >= 0.6 is 0 Å².